The Kier molecular flexibility index (Phi) is 2.90. The van der Waals surface area contributed by atoms with E-state index in [1.807, 2.05) is 0 Å². The van der Waals surface area contributed by atoms with E-state index in [0.717, 1.165) is 19.6 Å². The third-order valence-corrected chi connectivity index (χ3v) is 2.73. The summed E-state index contributed by atoms with van der Waals surface area (Å²) in [5.41, 5.74) is 0. The van der Waals surface area contributed by atoms with Gasteiger partial charge < -0.3 is 23.7 Å². The van der Waals surface area contributed by atoms with E-state index in [0.29, 0.717) is 25.9 Å². The molecule has 3 aliphatic heterocycles. The van der Waals surface area contributed by atoms with Gasteiger partial charge in [-0.1, -0.05) is 0 Å². The van der Waals surface area contributed by atoms with E-state index < -0.39 is 0 Å². The van der Waals surface area contributed by atoms with Crippen LogP contribution in [0.1, 0.15) is 6.42 Å². The molecule has 0 N–H and O–H groups in total. The van der Waals surface area contributed by atoms with Gasteiger partial charge >= 0.3 is 0 Å². The Bertz CT molecular complexity index is 206. The van der Waals surface area contributed by atoms with Crippen LogP contribution >= 0.6 is 0 Å². The molecule has 5 heteroatoms. The lowest BCUT2D eigenvalue weighted by molar-refractivity contribution is -0.236. The van der Waals surface area contributed by atoms with Crippen LogP contribution in [0.4, 0.5) is 0 Å². The third kappa shape index (κ3) is 3.12. The maximum Gasteiger partial charge on any atom is 0.181 e. The maximum absolute atomic E-state index is 5.62. The van der Waals surface area contributed by atoms with Crippen LogP contribution in [0.3, 0.4) is 0 Å². The number of rotatable bonds is 5. The fourth-order valence-electron chi connectivity index (χ4n) is 1.63. The van der Waals surface area contributed by atoms with E-state index in [1.54, 1.807) is 0 Å². The topological polar surface area (TPSA) is 52.8 Å². The summed E-state index contributed by atoms with van der Waals surface area (Å²) in [6.45, 7) is 3.43. The van der Waals surface area contributed by atoms with E-state index in [2.05, 4.69) is 0 Å². The zero-order valence-electron chi connectivity index (χ0n) is 8.59. The summed E-state index contributed by atoms with van der Waals surface area (Å²) in [7, 11) is 0. The fraction of sp³-hybridized carbons (Fsp3) is 1.00. The minimum atomic E-state index is -0.217. The van der Waals surface area contributed by atoms with Gasteiger partial charge in [-0.3, -0.25) is 0 Å². The monoisotopic (exact) mass is 216 g/mol. The van der Waals surface area contributed by atoms with Crippen LogP contribution < -0.4 is 0 Å². The lowest BCUT2D eigenvalue weighted by Gasteiger charge is -2.28. The van der Waals surface area contributed by atoms with Crippen molar-refractivity contribution < 1.29 is 23.7 Å². The quantitative estimate of drug-likeness (QED) is 0.602. The highest BCUT2D eigenvalue weighted by Crippen LogP contribution is 2.21. The van der Waals surface area contributed by atoms with E-state index >= 15 is 0 Å². The fourth-order valence-corrected chi connectivity index (χ4v) is 1.63. The first-order valence-electron chi connectivity index (χ1n) is 5.48. The lowest BCUT2D eigenvalue weighted by atomic mass is 10.2. The molecule has 0 spiro atoms. The number of hydrogen-bond acceptors (Lipinski definition) is 5. The summed E-state index contributed by atoms with van der Waals surface area (Å²) in [6, 6.07) is 0. The summed E-state index contributed by atoms with van der Waals surface area (Å²) in [5.74, 6) is 0. The van der Waals surface area contributed by atoms with Crippen molar-refractivity contribution in [1.82, 2.24) is 0 Å². The predicted octanol–water partition coefficient (Wildman–Crippen LogP) is -0.0678. The second kappa shape index (κ2) is 4.35. The number of hydrogen-bond donors (Lipinski definition) is 0. The van der Waals surface area contributed by atoms with Crippen LogP contribution in [0.25, 0.3) is 0 Å². The van der Waals surface area contributed by atoms with Crippen molar-refractivity contribution in [2.24, 2.45) is 0 Å². The second-order valence-corrected chi connectivity index (χ2v) is 4.20. The van der Waals surface area contributed by atoms with Gasteiger partial charge in [0.25, 0.3) is 0 Å². The van der Waals surface area contributed by atoms with Gasteiger partial charge in [0, 0.05) is 6.42 Å². The molecule has 4 atom stereocenters. The SMILES string of the molecule is C1OC1COC1COC(CC2CO2)CO1. The second-order valence-electron chi connectivity index (χ2n) is 4.20. The Morgan fingerprint density at radius 2 is 1.47 bits per heavy atom. The van der Waals surface area contributed by atoms with Gasteiger partial charge in [0.2, 0.25) is 0 Å². The third-order valence-electron chi connectivity index (χ3n) is 2.73. The summed E-state index contributed by atoms with van der Waals surface area (Å²) < 4.78 is 26.8. The number of ether oxygens (including phenoxy) is 5. The molecular weight excluding hydrogens is 200 g/mol. The number of epoxide rings is 2. The van der Waals surface area contributed by atoms with Gasteiger partial charge in [-0.15, -0.1) is 0 Å². The first-order valence-corrected chi connectivity index (χ1v) is 5.48. The molecule has 15 heavy (non-hydrogen) atoms. The molecule has 0 aliphatic carbocycles. The van der Waals surface area contributed by atoms with Gasteiger partial charge in [0.15, 0.2) is 6.29 Å². The molecule has 3 fully saturated rings. The minimum absolute atomic E-state index is 0.175. The average Bonchev–Trinajstić information content (AvgIpc) is 3.12. The van der Waals surface area contributed by atoms with Crippen LogP contribution in [-0.2, 0) is 23.7 Å². The van der Waals surface area contributed by atoms with Crippen molar-refractivity contribution >= 4 is 0 Å². The minimum Gasteiger partial charge on any atom is -0.373 e. The van der Waals surface area contributed by atoms with Crippen LogP contribution in [-0.4, -0.2) is 57.6 Å². The molecule has 4 unspecified atom stereocenters. The molecule has 0 saturated carbocycles. The van der Waals surface area contributed by atoms with Crippen molar-refractivity contribution in [2.75, 3.05) is 33.0 Å². The molecule has 0 amide bonds. The zero-order chi connectivity index (χ0) is 10.1. The van der Waals surface area contributed by atoms with Crippen molar-refractivity contribution in [1.29, 1.82) is 0 Å². The molecule has 0 aromatic rings. The normalized spacial score (nSPS) is 44.0. The van der Waals surface area contributed by atoms with Crippen LogP contribution in [0, 0.1) is 0 Å². The predicted molar refractivity (Wildman–Crippen MR) is 49.5 cm³/mol. The lowest BCUT2D eigenvalue weighted by Crippen LogP contribution is -2.38. The molecule has 3 saturated heterocycles. The Hall–Kier alpha value is -0.200. The standard InChI is InChI=1S/C10H16O5/c1(7-2-11-7)8-3-14-10(6-13-8)15-5-9-4-12-9/h7-10H,1-6H2. The maximum atomic E-state index is 5.62. The first-order chi connectivity index (χ1) is 7.40. The van der Waals surface area contributed by atoms with Crippen LogP contribution in [0.15, 0.2) is 0 Å². The molecule has 0 bridgehead atoms. The van der Waals surface area contributed by atoms with Crippen molar-refractivity contribution in [2.45, 2.75) is 31.0 Å². The molecule has 0 aromatic heterocycles. The Labute approximate surface area is 88.6 Å². The molecule has 3 aliphatic rings. The molecule has 3 rings (SSSR count). The van der Waals surface area contributed by atoms with E-state index in [4.69, 9.17) is 23.7 Å². The molecular formula is C10H16O5. The summed E-state index contributed by atoms with van der Waals surface area (Å²) >= 11 is 0. The van der Waals surface area contributed by atoms with Gasteiger partial charge in [0.1, 0.15) is 6.10 Å². The molecule has 0 radical (unpaired) electrons. The molecule has 3 heterocycles. The summed E-state index contributed by atoms with van der Waals surface area (Å²) in [5, 5.41) is 0. The molecule has 86 valence electrons. The first kappa shape index (κ1) is 9.99. The Balaban J connectivity index is 1.32. The van der Waals surface area contributed by atoms with Crippen LogP contribution in [0.2, 0.25) is 0 Å². The van der Waals surface area contributed by atoms with Gasteiger partial charge in [-0.25, -0.2) is 0 Å². The van der Waals surface area contributed by atoms with Crippen molar-refractivity contribution in [3.63, 3.8) is 0 Å². The molecule has 5 nitrogen and oxygen atoms in total. The van der Waals surface area contributed by atoms with Crippen molar-refractivity contribution in [3.05, 3.63) is 0 Å². The average molecular weight is 216 g/mol. The summed E-state index contributed by atoms with van der Waals surface area (Å²) in [4.78, 5) is 0. The Morgan fingerprint density at radius 3 is 2.00 bits per heavy atom. The van der Waals surface area contributed by atoms with Crippen molar-refractivity contribution in [3.8, 4) is 0 Å². The summed E-state index contributed by atoms with van der Waals surface area (Å²) in [6.07, 6.45) is 1.58. The Morgan fingerprint density at radius 1 is 0.800 bits per heavy atom. The van der Waals surface area contributed by atoms with Crippen LogP contribution in [0.5, 0.6) is 0 Å². The largest absolute Gasteiger partial charge is 0.373 e. The van der Waals surface area contributed by atoms with E-state index in [1.165, 1.54) is 0 Å². The van der Waals surface area contributed by atoms with Gasteiger partial charge in [0.05, 0.1) is 45.2 Å². The van der Waals surface area contributed by atoms with E-state index in [-0.39, 0.29) is 18.5 Å². The van der Waals surface area contributed by atoms with E-state index in [9.17, 15) is 0 Å². The highest BCUT2D eigenvalue weighted by Gasteiger charge is 2.32. The highest BCUT2D eigenvalue weighted by atomic mass is 16.7. The highest BCUT2D eigenvalue weighted by molar-refractivity contribution is 4.76. The molecule has 0 aromatic carbocycles. The smallest absolute Gasteiger partial charge is 0.181 e. The van der Waals surface area contributed by atoms with Gasteiger partial charge in [-0.2, -0.15) is 0 Å². The zero-order valence-corrected chi connectivity index (χ0v) is 8.59. The van der Waals surface area contributed by atoms with Gasteiger partial charge in [-0.05, 0) is 0 Å².